The van der Waals surface area contributed by atoms with E-state index in [4.69, 9.17) is 4.74 Å². The van der Waals surface area contributed by atoms with Gasteiger partial charge < -0.3 is 4.74 Å². The van der Waals surface area contributed by atoms with E-state index in [1.54, 1.807) is 7.11 Å². The maximum atomic E-state index is 4.96. The number of hydrogen-bond donors (Lipinski definition) is 0. The molecule has 11 heavy (non-hydrogen) atoms. The van der Waals surface area contributed by atoms with Crippen LogP contribution in [0.15, 0.2) is 6.07 Å². The van der Waals surface area contributed by atoms with Gasteiger partial charge in [-0.05, 0) is 12.5 Å². The summed E-state index contributed by atoms with van der Waals surface area (Å²) in [6.45, 7) is 2.72. The van der Waals surface area contributed by atoms with Gasteiger partial charge in [0.2, 0.25) is 0 Å². The van der Waals surface area contributed by atoms with Crippen LogP contribution in [-0.4, -0.2) is 16.9 Å². The molecule has 0 spiro atoms. The largest absolute Gasteiger partial charge is 0.378 e. The average molecular weight is 154 g/mol. The zero-order valence-electron chi connectivity index (χ0n) is 7.29. The fourth-order valence-corrected chi connectivity index (χ4v) is 1.12. The predicted octanol–water partition coefficient (Wildman–Crippen LogP) is 1.13. The monoisotopic (exact) mass is 154 g/mol. The van der Waals surface area contributed by atoms with Crippen molar-refractivity contribution in [2.24, 2.45) is 7.05 Å². The van der Waals surface area contributed by atoms with E-state index in [9.17, 15) is 0 Å². The summed E-state index contributed by atoms with van der Waals surface area (Å²) in [6, 6.07) is 2.07. The molecule has 0 fully saturated rings. The van der Waals surface area contributed by atoms with Crippen LogP contribution in [0.4, 0.5) is 0 Å². The molecule has 0 atom stereocenters. The topological polar surface area (TPSA) is 27.1 Å². The average Bonchev–Trinajstić information content (AvgIpc) is 2.32. The van der Waals surface area contributed by atoms with Crippen molar-refractivity contribution >= 4 is 0 Å². The fourth-order valence-electron chi connectivity index (χ4n) is 1.12. The Labute approximate surface area is 67.0 Å². The van der Waals surface area contributed by atoms with Crippen molar-refractivity contribution < 1.29 is 4.74 Å². The van der Waals surface area contributed by atoms with E-state index in [1.807, 2.05) is 11.7 Å². The molecular weight excluding hydrogens is 140 g/mol. The number of ether oxygens (including phenoxy) is 1. The van der Waals surface area contributed by atoms with Gasteiger partial charge in [-0.3, -0.25) is 4.68 Å². The second-order valence-corrected chi connectivity index (χ2v) is 2.54. The van der Waals surface area contributed by atoms with E-state index in [2.05, 4.69) is 18.1 Å². The van der Waals surface area contributed by atoms with Crippen molar-refractivity contribution in [3.8, 4) is 0 Å². The lowest BCUT2D eigenvalue weighted by Crippen LogP contribution is -1.96. The van der Waals surface area contributed by atoms with E-state index < -0.39 is 0 Å². The lowest BCUT2D eigenvalue weighted by atomic mass is 10.3. The van der Waals surface area contributed by atoms with E-state index in [0.29, 0.717) is 6.61 Å². The van der Waals surface area contributed by atoms with Gasteiger partial charge in [-0.25, -0.2) is 0 Å². The molecule has 0 N–H and O–H groups in total. The smallest absolute Gasteiger partial charge is 0.0902 e. The van der Waals surface area contributed by atoms with Gasteiger partial charge in [0.15, 0.2) is 0 Å². The predicted molar refractivity (Wildman–Crippen MR) is 43.3 cm³/mol. The summed E-state index contributed by atoms with van der Waals surface area (Å²) in [7, 11) is 3.64. The summed E-state index contributed by atoms with van der Waals surface area (Å²) in [5.41, 5.74) is 2.25. The minimum absolute atomic E-state index is 0.605. The molecule has 0 unspecified atom stereocenters. The number of aryl methyl sites for hydroxylation is 2. The highest BCUT2D eigenvalue weighted by molar-refractivity contribution is 5.08. The SMILES string of the molecule is CCc1cc(COC)nn1C. The third-order valence-corrected chi connectivity index (χ3v) is 1.68. The van der Waals surface area contributed by atoms with Gasteiger partial charge in [-0.2, -0.15) is 5.10 Å². The summed E-state index contributed by atoms with van der Waals surface area (Å²) in [5, 5.41) is 4.26. The molecule has 3 nitrogen and oxygen atoms in total. The molecular formula is C8H14N2O. The molecule has 0 bridgehead atoms. The van der Waals surface area contributed by atoms with Crippen molar-refractivity contribution in [1.82, 2.24) is 9.78 Å². The number of rotatable bonds is 3. The van der Waals surface area contributed by atoms with Crippen molar-refractivity contribution in [2.75, 3.05) is 7.11 Å². The first kappa shape index (κ1) is 8.27. The lowest BCUT2D eigenvalue weighted by Gasteiger charge is -1.93. The Balaban J connectivity index is 2.77. The van der Waals surface area contributed by atoms with E-state index in [-0.39, 0.29) is 0 Å². The van der Waals surface area contributed by atoms with Gasteiger partial charge in [-0.15, -0.1) is 0 Å². The first-order valence-corrected chi connectivity index (χ1v) is 3.78. The summed E-state index contributed by atoms with van der Waals surface area (Å²) in [6.07, 6.45) is 1.02. The van der Waals surface area contributed by atoms with Crippen LogP contribution < -0.4 is 0 Å². The van der Waals surface area contributed by atoms with Crippen LogP contribution in [0.5, 0.6) is 0 Å². The first-order valence-electron chi connectivity index (χ1n) is 3.78. The minimum atomic E-state index is 0.605. The molecule has 62 valence electrons. The Hall–Kier alpha value is -0.830. The third-order valence-electron chi connectivity index (χ3n) is 1.68. The summed E-state index contributed by atoms with van der Waals surface area (Å²) < 4.78 is 6.86. The summed E-state index contributed by atoms with van der Waals surface area (Å²) in [4.78, 5) is 0. The molecule has 0 saturated carbocycles. The molecule has 3 heteroatoms. The zero-order valence-corrected chi connectivity index (χ0v) is 7.29. The Bertz CT molecular complexity index is 230. The van der Waals surface area contributed by atoms with Gasteiger partial charge in [0.25, 0.3) is 0 Å². The van der Waals surface area contributed by atoms with Gasteiger partial charge in [0.1, 0.15) is 0 Å². The third kappa shape index (κ3) is 1.80. The number of aromatic nitrogens is 2. The molecule has 0 amide bonds. The fraction of sp³-hybridized carbons (Fsp3) is 0.625. The molecule has 0 aliphatic heterocycles. The van der Waals surface area contributed by atoms with E-state index in [0.717, 1.165) is 12.1 Å². The van der Waals surface area contributed by atoms with Crippen molar-refractivity contribution in [3.63, 3.8) is 0 Å². The second kappa shape index (κ2) is 3.53. The quantitative estimate of drug-likeness (QED) is 0.652. The number of nitrogens with zero attached hydrogens (tertiary/aromatic N) is 2. The number of methoxy groups -OCH3 is 1. The minimum Gasteiger partial charge on any atom is -0.378 e. The van der Waals surface area contributed by atoms with Crippen molar-refractivity contribution in [3.05, 3.63) is 17.5 Å². The van der Waals surface area contributed by atoms with E-state index >= 15 is 0 Å². The Kier molecular flexibility index (Phi) is 2.65. The lowest BCUT2D eigenvalue weighted by molar-refractivity contribution is 0.181. The molecule has 0 aliphatic carbocycles. The van der Waals surface area contributed by atoms with Crippen molar-refractivity contribution in [1.29, 1.82) is 0 Å². The van der Waals surface area contributed by atoms with Crippen molar-refractivity contribution in [2.45, 2.75) is 20.0 Å². The Morgan fingerprint density at radius 3 is 2.82 bits per heavy atom. The maximum Gasteiger partial charge on any atom is 0.0902 e. The van der Waals surface area contributed by atoms with Crippen LogP contribution >= 0.6 is 0 Å². The standard InChI is InChI=1S/C8H14N2O/c1-4-8-5-7(6-11-3)9-10(8)2/h5H,4,6H2,1-3H3. The molecule has 0 aliphatic rings. The molecule has 1 aromatic heterocycles. The van der Waals surface area contributed by atoms with E-state index in [1.165, 1.54) is 5.69 Å². The molecule has 0 radical (unpaired) electrons. The highest BCUT2D eigenvalue weighted by Gasteiger charge is 2.01. The van der Waals surface area contributed by atoms with Crippen LogP contribution in [0.3, 0.4) is 0 Å². The van der Waals surface area contributed by atoms with Gasteiger partial charge in [0, 0.05) is 19.9 Å². The van der Waals surface area contributed by atoms with Crippen LogP contribution in [0.1, 0.15) is 18.3 Å². The Morgan fingerprint density at radius 1 is 1.64 bits per heavy atom. The normalized spacial score (nSPS) is 10.5. The van der Waals surface area contributed by atoms with Gasteiger partial charge in [-0.1, -0.05) is 6.92 Å². The Morgan fingerprint density at radius 2 is 2.36 bits per heavy atom. The summed E-state index contributed by atoms with van der Waals surface area (Å²) >= 11 is 0. The van der Waals surface area contributed by atoms with Crippen LogP contribution in [-0.2, 0) is 24.8 Å². The van der Waals surface area contributed by atoms with Gasteiger partial charge >= 0.3 is 0 Å². The molecule has 1 rings (SSSR count). The number of hydrogen-bond acceptors (Lipinski definition) is 2. The molecule has 0 saturated heterocycles. The van der Waals surface area contributed by atoms with Crippen LogP contribution in [0.2, 0.25) is 0 Å². The summed E-state index contributed by atoms with van der Waals surface area (Å²) in [5.74, 6) is 0. The highest BCUT2D eigenvalue weighted by atomic mass is 16.5. The van der Waals surface area contributed by atoms with Gasteiger partial charge in [0.05, 0.1) is 12.3 Å². The van der Waals surface area contributed by atoms with Crippen LogP contribution in [0.25, 0.3) is 0 Å². The molecule has 0 aromatic carbocycles. The highest BCUT2D eigenvalue weighted by Crippen LogP contribution is 2.03. The second-order valence-electron chi connectivity index (χ2n) is 2.54. The first-order chi connectivity index (χ1) is 5.27. The maximum absolute atomic E-state index is 4.96. The zero-order chi connectivity index (χ0) is 8.27. The molecule has 1 heterocycles. The van der Waals surface area contributed by atoms with Crippen LogP contribution in [0, 0.1) is 0 Å². The molecule has 1 aromatic rings.